The van der Waals surface area contributed by atoms with Crippen molar-refractivity contribution in [3.8, 4) is 5.88 Å². The van der Waals surface area contributed by atoms with Crippen molar-refractivity contribution < 1.29 is 13.9 Å². The first kappa shape index (κ1) is 14.3. The minimum Gasteiger partial charge on any atom is -0.477 e. The summed E-state index contributed by atoms with van der Waals surface area (Å²) in [5.74, 6) is 0.377. The Bertz CT molecular complexity index is 684. The average Bonchev–Trinajstić information content (AvgIpc) is 3.32. The zero-order valence-electron chi connectivity index (χ0n) is 11.9. The number of ether oxygens (including phenoxy) is 1. The first-order valence-corrected chi connectivity index (χ1v) is 7.08. The summed E-state index contributed by atoms with van der Waals surface area (Å²) in [7, 11) is 0. The number of halogens is 1. The lowest BCUT2D eigenvalue weighted by Gasteiger charge is -2.09. The lowest BCUT2D eigenvalue weighted by molar-refractivity contribution is 0.102. The molecule has 0 spiro atoms. The van der Waals surface area contributed by atoms with E-state index in [2.05, 4.69) is 10.3 Å². The van der Waals surface area contributed by atoms with E-state index < -0.39 is 5.91 Å². The van der Waals surface area contributed by atoms with Gasteiger partial charge in [-0.25, -0.2) is 4.39 Å². The molecule has 0 unspecified atom stereocenters. The van der Waals surface area contributed by atoms with Crippen LogP contribution in [0.1, 0.15) is 23.2 Å². The number of hydrogen-bond acceptors (Lipinski definition) is 4. The molecule has 1 aromatic carbocycles. The summed E-state index contributed by atoms with van der Waals surface area (Å²) < 4.78 is 18.3. The summed E-state index contributed by atoms with van der Waals surface area (Å²) in [5.41, 5.74) is 6.55. The van der Waals surface area contributed by atoms with E-state index in [1.165, 1.54) is 37.1 Å². The fourth-order valence-electron chi connectivity index (χ4n) is 1.95. The van der Waals surface area contributed by atoms with Crippen LogP contribution in [-0.2, 0) is 0 Å². The normalized spacial score (nSPS) is 13.7. The van der Waals surface area contributed by atoms with E-state index in [1.807, 2.05) is 0 Å². The number of rotatable bonds is 5. The number of carbonyl (C=O) groups excluding carboxylic acids is 1. The number of nitrogens with two attached hydrogens (primary N) is 1. The second-order valence-electron chi connectivity index (χ2n) is 5.30. The molecule has 22 heavy (non-hydrogen) atoms. The topological polar surface area (TPSA) is 77.2 Å². The molecule has 0 bridgehead atoms. The molecule has 0 aliphatic heterocycles. The largest absolute Gasteiger partial charge is 0.477 e. The number of benzene rings is 1. The summed E-state index contributed by atoms with van der Waals surface area (Å²) in [5, 5.41) is 2.64. The van der Waals surface area contributed by atoms with Crippen molar-refractivity contribution in [1.82, 2.24) is 4.98 Å². The second-order valence-corrected chi connectivity index (χ2v) is 5.30. The SMILES string of the molecule is Nc1nc(OCC2CC2)ccc1C(=O)Nc1ccc(F)cc1. The molecule has 1 amide bonds. The van der Waals surface area contributed by atoms with Crippen molar-refractivity contribution in [3.05, 3.63) is 47.8 Å². The van der Waals surface area contributed by atoms with E-state index >= 15 is 0 Å². The quantitative estimate of drug-likeness (QED) is 0.890. The van der Waals surface area contributed by atoms with Crippen LogP contribution in [0.5, 0.6) is 5.88 Å². The summed E-state index contributed by atoms with van der Waals surface area (Å²) in [6.07, 6.45) is 2.38. The third-order valence-corrected chi connectivity index (χ3v) is 3.41. The van der Waals surface area contributed by atoms with E-state index in [0.717, 1.165) is 0 Å². The highest BCUT2D eigenvalue weighted by Gasteiger charge is 2.22. The molecule has 3 rings (SSSR count). The molecule has 1 saturated carbocycles. The highest BCUT2D eigenvalue weighted by atomic mass is 19.1. The van der Waals surface area contributed by atoms with Crippen LogP contribution in [0.25, 0.3) is 0 Å². The Morgan fingerprint density at radius 1 is 1.27 bits per heavy atom. The lowest BCUT2D eigenvalue weighted by atomic mass is 10.2. The van der Waals surface area contributed by atoms with E-state index in [9.17, 15) is 9.18 Å². The monoisotopic (exact) mass is 301 g/mol. The number of carbonyl (C=O) groups is 1. The molecular formula is C16H16FN3O2. The number of nitrogens with zero attached hydrogens (tertiary/aromatic N) is 1. The highest BCUT2D eigenvalue weighted by Crippen LogP contribution is 2.29. The van der Waals surface area contributed by atoms with Crippen molar-refractivity contribution in [3.63, 3.8) is 0 Å². The standard InChI is InChI=1S/C16H16FN3O2/c17-11-3-5-12(6-4-11)19-16(21)13-7-8-14(20-15(13)18)22-9-10-1-2-10/h3-8,10H,1-2,9H2,(H2,18,20)(H,19,21). The van der Waals surface area contributed by atoms with Gasteiger partial charge in [-0.2, -0.15) is 4.98 Å². The third kappa shape index (κ3) is 3.52. The zero-order chi connectivity index (χ0) is 15.5. The number of aromatic nitrogens is 1. The predicted octanol–water partition coefficient (Wildman–Crippen LogP) is 2.84. The van der Waals surface area contributed by atoms with Crippen molar-refractivity contribution >= 4 is 17.4 Å². The van der Waals surface area contributed by atoms with Gasteiger partial charge in [-0.15, -0.1) is 0 Å². The van der Waals surface area contributed by atoms with Gasteiger partial charge in [0.05, 0.1) is 12.2 Å². The smallest absolute Gasteiger partial charge is 0.259 e. The molecule has 0 saturated heterocycles. The first-order valence-electron chi connectivity index (χ1n) is 7.08. The van der Waals surface area contributed by atoms with Gasteiger partial charge in [0.15, 0.2) is 0 Å². The van der Waals surface area contributed by atoms with Crippen molar-refractivity contribution in [2.45, 2.75) is 12.8 Å². The van der Waals surface area contributed by atoms with Crippen LogP contribution in [0.15, 0.2) is 36.4 Å². The van der Waals surface area contributed by atoms with Gasteiger partial charge >= 0.3 is 0 Å². The van der Waals surface area contributed by atoms with Gasteiger partial charge in [-0.1, -0.05) is 0 Å². The van der Waals surface area contributed by atoms with Gasteiger partial charge in [0.2, 0.25) is 5.88 Å². The summed E-state index contributed by atoms with van der Waals surface area (Å²) >= 11 is 0. The maximum absolute atomic E-state index is 12.8. The van der Waals surface area contributed by atoms with Crippen LogP contribution < -0.4 is 15.8 Å². The fourth-order valence-corrected chi connectivity index (χ4v) is 1.95. The van der Waals surface area contributed by atoms with Crippen molar-refractivity contribution in [1.29, 1.82) is 0 Å². The molecule has 0 atom stereocenters. The number of nitrogen functional groups attached to an aromatic ring is 1. The van der Waals surface area contributed by atoms with Crippen LogP contribution >= 0.6 is 0 Å². The van der Waals surface area contributed by atoms with E-state index in [0.29, 0.717) is 24.1 Å². The fraction of sp³-hybridized carbons (Fsp3) is 0.250. The lowest BCUT2D eigenvalue weighted by Crippen LogP contribution is -2.15. The molecule has 114 valence electrons. The molecule has 1 heterocycles. The summed E-state index contributed by atoms with van der Waals surface area (Å²) in [6, 6.07) is 8.69. The Morgan fingerprint density at radius 3 is 2.64 bits per heavy atom. The molecule has 5 nitrogen and oxygen atoms in total. The van der Waals surface area contributed by atoms with Crippen molar-refractivity contribution in [2.75, 3.05) is 17.7 Å². The number of amides is 1. The van der Waals surface area contributed by atoms with Crippen molar-refractivity contribution in [2.24, 2.45) is 5.92 Å². The number of anilines is 2. The van der Waals surface area contributed by atoms with E-state index in [-0.39, 0.29) is 17.2 Å². The summed E-state index contributed by atoms with van der Waals surface area (Å²) in [6.45, 7) is 0.633. The minimum absolute atomic E-state index is 0.105. The Balaban J connectivity index is 1.67. The maximum Gasteiger partial charge on any atom is 0.259 e. The predicted molar refractivity (Wildman–Crippen MR) is 81.2 cm³/mol. The Labute approximate surface area is 127 Å². The molecule has 1 fully saturated rings. The molecule has 0 radical (unpaired) electrons. The zero-order valence-corrected chi connectivity index (χ0v) is 11.9. The van der Waals surface area contributed by atoms with E-state index in [4.69, 9.17) is 10.5 Å². The summed E-state index contributed by atoms with van der Waals surface area (Å²) in [4.78, 5) is 16.2. The van der Waals surface area contributed by atoms with Gasteiger partial charge in [0, 0.05) is 11.8 Å². The molecule has 1 aliphatic carbocycles. The van der Waals surface area contributed by atoms with Crippen LogP contribution in [0.2, 0.25) is 0 Å². The Hall–Kier alpha value is -2.63. The minimum atomic E-state index is -0.398. The second kappa shape index (κ2) is 6.01. The molecule has 1 aliphatic rings. The van der Waals surface area contributed by atoms with Crippen LogP contribution in [0, 0.1) is 11.7 Å². The van der Waals surface area contributed by atoms with Gasteiger partial charge in [-0.3, -0.25) is 4.79 Å². The Kier molecular flexibility index (Phi) is 3.91. The Morgan fingerprint density at radius 2 is 2.00 bits per heavy atom. The van der Waals surface area contributed by atoms with Gasteiger partial charge in [0.1, 0.15) is 11.6 Å². The van der Waals surface area contributed by atoms with Crippen LogP contribution in [-0.4, -0.2) is 17.5 Å². The van der Waals surface area contributed by atoms with Crippen LogP contribution in [0.3, 0.4) is 0 Å². The molecule has 6 heteroatoms. The molecule has 2 aromatic rings. The number of nitrogens with one attached hydrogen (secondary N) is 1. The van der Waals surface area contributed by atoms with Gasteiger partial charge < -0.3 is 15.8 Å². The van der Waals surface area contributed by atoms with E-state index in [1.54, 1.807) is 12.1 Å². The number of pyridine rings is 1. The molecular weight excluding hydrogens is 285 g/mol. The first-order chi connectivity index (χ1) is 10.6. The highest BCUT2D eigenvalue weighted by molar-refractivity contribution is 6.07. The maximum atomic E-state index is 12.8. The van der Waals surface area contributed by atoms with Crippen LogP contribution in [0.4, 0.5) is 15.9 Å². The molecule has 3 N–H and O–H groups in total. The molecule has 1 aromatic heterocycles. The third-order valence-electron chi connectivity index (χ3n) is 3.41. The average molecular weight is 301 g/mol. The van der Waals surface area contributed by atoms with Gasteiger partial charge in [-0.05, 0) is 49.1 Å². The number of hydrogen-bond donors (Lipinski definition) is 2. The van der Waals surface area contributed by atoms with Gasteiger partial charge in [0.25, 0.3) is 5.91 Å².